The summed E-state index contributed by atoms with van der Waals surface area (Å²) in [6, 6.07) is 2.57. The quantitative estimate of drug-likeness (QED) is 0.196. The van der Waals surface area contributed by atoms with Crippen LogP contribution in [0.1, 0.15) is 97.7 Å². The fourth-order valence-corrected chi connectivity index (χ4v) is 10.6. The molecule has 2 N–H and O–H groups in total. The molecule has 17 heteroatoms. The van der Waals surface area contributed by atoms with E-state index in [0.717, 1.165) is 11.3 Å². The van der Waals surface area contributed by atoms with Crippen LogP contribution in [0.25, 0.3) is 21.6 Å². The number of nitrogens with zero attached hydrogens (tertiary/aromatic N) is 4. The number of carbonyl (C=O) groups excluding carboxylic acids is 4. The molecule has 2 aromatic heterocycles. The Kier molecular flexibility index (Phi) is 11.5. The average Bonchev–Trinajstić information content (AvgIpc) is 4.08. The SMILES string of the molecule is C=C[C@@H]1C[C@]1(NC(=O)[C@@H]1C[C@@H](Oc2cc(-c3nc(C(C)C)cs3)nc3c(C)c(OC)ccc23)[C@H]2CN(C(=O)OC(C)(C)C)[C@H]([C@H](C)CC)C(=O)N21)C(=O)NS(=O)(=O)C1CC1. The molecule has 2 saturated carbocycles. The van der Waals surface area contributed by atoms with Gasteiger partial charge in [-0.15, -0.1) is 17.9 Å². The van der Waals surface area contributed by atoms with Crippen LogP contribution in [0.4, 0.5) is 4.79 Å². The highest BCUT2D eigenvalue weighted by Gasteiger charge is 2.63. The minimum atomic E-state index is -3.92. The third kappa shape index (κ3) is 8.06. The second-order valence-corrected chi connectivity index (χ2v) is 20.7. The van der Waals surface area contributed by atoms with Crippen LogP contribution in [-0.2, 0) is 29.1 Å². The van der Waals surface area contributed by atoms with E-state index in [-0.39, 0.29) is 31.2 Å². The van der Waals surface area contributed by atoms with Gasteiger partial charge in [0.05, 0.1) is 29.6 Å². The fourth-order valence-electron chi connectivity index (χ4n) is 8.33. The van der Waals surface area contributed by atoms with Gasteiger partial charge in [-0.2, -0.15) is 0 Å². The standard InChI is InChI=1S/C43H56N6O9S2/c1-11-23(5)36-39(51)49-30(37(50)46-43(19-25(43)12-2)40(52)47-60(54,55)26-13-14-26)18-34(31(49)20-48(36)41(53)58-42(7,8)9)57-33-17-28(38-45-29(21-59-38)22(3)4)44-35-24(6)32(56-10)16-15-27(33)35/h12,15-17,21-23,25-26,30-31,34,36H,2,11,13-14,18-20H2,1,3-10H3,(H,46,50)(H,47,52)/t23-,25-,30+,31-,34-,36-,43-/m1/s1. The summed E-state index contributed by atoms with van der Waals surface area (Å²) in [7, 11) is -2.33. The lowest BCUT2D eigenvalue weighted by molar-refractivity contribution is -0.153. The van der Waals surface area contributed by atoms with Crippen LogP contribution in [0.2, 0.25) is 0 Å². The minimum absolute atomic E-state index is 0.00238. The number of rotatable bonds is 13. The molecule has 0 spiro atoms. The molecule has 2 aliphatic heterocycles. The number of methoxy groups -OCH3 is 1. The molecular weight excluding hydrogens is 809 g/mol. The number of carbonyl (C=O) groups is 4. The highest BCUT2D eigenvalue weighted by atomic mass is 32.2. The van der Waals surface area contributed by atoms with Crippen molar-refractivity contribution in [3.8, 4) is 22.2 Å². The number of aryl methyl sites for hydroxylation is 1. The van der Waals surface area contributed by atoms with Crippen molar-refractivity contribution < 1.29 is 41.8 Å². The van der Waals surface area contributed by atoms with Gasteiger partial charge in [0.2, 0.25) is 21.8 Å². The molecule has 4 amide bonds. The molecule has 0 bridgehead atoms. The maximum absolute atomic E-state index is 15.0. The number of pyridine rings is 1. The van der Waals surface area contributed by atoms with Crippen LogP contribution in [0.15, 0.2) is 36.2 Å². The summed E-state index contributed by atoms with van der Waals surface area (Å²) in [4.78, 5) is 70.2. The van der Waals surface area contributed by atoms with Crippen LogP contribution >= 0.6 is 11.3 Å². The number of hydrogen-bond acceptors (Lipinski definition) is 12. The van der Waals surface area contributed by atoms with E-state index in [1.165, 1.54) is 27.2 Å². The van der Waals surface area contributed by atoms with Crippen molar-refractivity contribution in [2.45, 2.75) is 134 Å². The molecule has 324 valence electrons. The lowest BCUT2D eigenvalue weighted by Gasteiger charge is -2.46. The number of nitrogens with one attached hydrogen (secondary N) is 2. The molecule has 4 heterocycles. The van der Waals surface area contributed by atoms with Gasteiger partial charge in [-0.1, -0.05) is 40.2 Å². The van der Waals surface area contributed by atoms with Crippen molar-refractivity contribution in [3.63, 3.8) is 0 Å². The smallest absolute Gasteiger partial charge is 0.411 e. The molecule has 2 saturated heterocycles. The first kappa shape index (κ1) is 43.3. The van der Waals surface area contributed by atoms with Crippen molar-refractivity contribution in [1.82, 2.24) is 29.8 Å². The molecule has 7 atom stereocenters. The third-order valence-electron chi connectivity index (χ3n) is 12.1. The Labute approximate surface area is 355 Å². The average molecular weight is 865 g/mol. The number of benzene rings is 1. The maximum atomic E-state index is 15.0. The van der Waals surface area contributed by atoms with Crippen LogP contribution in [0, 0.1) is 18.8 Å². The number of amides is 4. The van der Waals surface area contributed by atoms with Gasteiger partial charge in [-0.3, -0.25) is 24.0 Å². The second-order valence-electron chi connectivity index (χ2n) is 17.9. The van der Waals surface area contributed by atoms with Crippen molar-refractivity contribution in [2.24, 2.45) is 11.8 Å². The van der Waals surface area contributed by atoms with Gasteiger partial charge in [0, 0.05) is 41.3 Å². The summed E-state index contributed by atoms with van der Waals surface area (Å²) in [5.74, 6) is -1.51. The highest BCUT2D eigenvalue weighted by Crippen LogP contribution is 2.47. The van der Waals surface area contributed by atoms with Crippen LogP contribution in [0.3, 0.4) is 0 Å². The van der Waals surface area contributed by atoms with E-state index < -0.39 is 80.4 Å². The summed E-state index contributed by atoms with van der Waals surface area (Å²) in [5, 5.41) is 5.58. The summed E-state index contributed by atoms with van der Waals surface area (Å²) < 4.78 is 46.4. The van der Waals surface area contributed by atoms with E-state index in [2.05, 4.69) is 30.5 Å². The Morgan fingerprint density at radius 1 is 1.13 bits per heavy atom. The zero-order valence-corrected chi connectivity index (χ0v) is 37.4. The van der Waals surface area contributed by atoms with Gasteiger partial charge in [-0.05, 0) is 70.9 Å². The van der Waals surface area contributed by atoms with E-state index in [0.29, 0.717) is 52.4 Å². The Morgan fingerprint density at radius 2 is 1.85 bits per heavy atom. The van der Waals surface area contributed by atoms with E-state index in [4.69, 9.17) is 24.2 Å². The van der Waals surface area contributed by atoms with Crippen LogP contribution in [-0.4, -0.2) is 106 Å². The number of hydrogen-bond donors (Lipinski definition) is 2. The topological polar surface area (TPSA) is 186 Å². The minimum Gasteiger partial charge on any atom is -0.496 e. The number of piperazine rings is 1. The Bertz CT molecular complexity index is 2340. The first-order valence-corrected chi connectivity index (χ1v) is 23.1. The predicted octanol–water partition coefficient (Wildman–Crippen LogP) is 5.85. The van der Waals surface area contributed by atoms with Gasteiger partial charge in [0.1, 0.15) is 51.5 Å². The molecule has 7 rings (SSSR count). The van der Waals surface area contributed by atoms with Crippen molar-refractivity contribution in [3.05, 3.63) is 47.5 Å². The van der Waals surface area contributed by atoms with Gasteiger partial charge < -0.3 is 24.4 Å². The fraction of sp³-hybridized carbons (Fsp3) is 0.581. The molecule has 60 heavy (non-hydrogen) atoms. The number of fused-ring (bicyclic) bond motifs is 2. The van der Waals surface area contributed by atoms with E-state index in [1.807, 2.05) is 44.4 Å². The number of thiazole rings is 1. The van der Waals surface area contributed by atoms with Gasteiger partial charge in [-0.25, -0.2) is 23.2 Å². The van der Waals surface area contributed by atoms with Crippen LogP contribution < -0.4 is 19.5 Å². The van der Waals surface area contributed by atoms with E-state index in [9.17, 15) is 27.6 Å². The number of aromatic nitrogens is 2. The zero-order chi connectivity index (χ0) is 43.6. The van der Waals surface area contributed by atoms with E-state index in [1.54, 1.807) is 27.9 Å². The molecule has 4 aliphatic rings. The molecule has 0 radical (unpaired) electrons. The van der Waals surface area contributed by atoms with Crippen molar-refractivity contribution in [2.75, 3.05) is 13.7 Å². The summed E-state index contributed by atoms with van der Waals surface area (Å²) >= 11 is 1.46. The zero-order valence-electron chi connectivity index (χ0n) is 35.7. The number of ether oxygens (including phenoxy) is 3. The highest BCUT2D eigenvalue weighted by molar-refractivity contribution is 7.91. The molecule has 4 fully saturated rings. The normalized spacial score (nSPS) is 25.8. The lowest BCUT2D eigenvalue weighted by Crippen LogP contribution is -2.68. The first-order valence-electron chi connectivity index (χ1n) is 20.7. The Hall–Kier alpha value is -4.77. The molecule has 15 nitrogen and oxygen atoms in total. The maximum Gasteiger partial charge on any atom is 0.411 e. The summed E-state index contributed by atoms with van der Waals surface area (Å²) in [5.41, 5.74) is 0.475. The van der Waals surface area contributed by atoms with Crippen molar-refractivity contribution in [1.29, 1.82) is 0 Å². The first-order chi connectivity index (χ1) is 28.2. The monoisotopic (exact) mass is 864 g/mol. The lowest BCUT2D eigenvalue weighted by atomic mass is 9.92. The van der Waals surface area contributed by atoms with Gasteiger partial charge in [0.15, 0.2) is 0 Å². The molecular formula is C43H56N6O9S2. The third-order valence-corrected chi connectivity index (χ3v) is 14.8. The van der Waals surface area contributed by atoms with Crippen molar-refractivity contribution >= 4 is 56.1 Å². The van der Waals surface area contributed by atoms with Gasteiger partial charge in [0.25, 0.3) is 5.91 Å². The Balaban J connectivity index is 1.30. The second kappa shape index (κ2) is 15.9. The summed E-state index contributed by atoms with van der Waals surface area (Å²) in [6.45, 7) is 18.9. The number of sulfonamides is 1. The molecule has 2 aliphatic carbocycles. The predicted molar refractivity (Wildman–Crippen MR) is 227 cm³/mol. The van der Waals surface area contributed by atoms with Gasteiger partial charge >= 0.3 is 6.09 Å². The molecule has 3 aromatic rings. The van der Waals surface area contributed by atoms with E-state index >= 15 is 0 Å². The summed E-state index contributed by atoms with van der Waals surface area (Å²) in [6.07, 6.45) is 1.62. The molecule has 0 unspecified atom stereocenters. The van der Waals surface area contributed by atoms with Crippen LogP contribution in [0.5, 0.6) is 11.5 Å². The largest absolute Gasteiger partial charge is 0.496 e. The molecule has 1 aromatic carbocycles. The Morgan fingerprint density at radius 3 is 2.43 bits per heavy atom.